The Bertz CT molecular complexity index is 722. The highest BCUT2D eigenvalue weighted by atomic mass is 32.2. The molecule has 0 aliphatic rings. The number of amides is 2. The fraction of sp³-hybridized carbons (Fsp3) is 0.273. The average molecular weight is 312 g/mol. The molecule has 0 radical (unpaired) electrons. The molecule has 2 heterocycles. The van der Waals surface area contributed by atoms with Crippen molar-refractivity contribution in [3.05, 3.63) is 21.3 Å². The van der Waals surface area contributed by atoms with E-state index in [0.29, 0.717) is 15.4 Å². The number of nitrogens with one attached hydrogen (secondary N) is 3. The van der Waals surface area contributed by atoms with E-state index in [1.54, 1.807) is 6.07 Å². The summed E-state index contributed by atoms with van der Waals surface area (Å²) in [4.78, 5) is 42.4. The van der Waals surface area contributed by atoms with Gasteiger partial charge in [-0.2, -0.15) is 0 Å². The predicted molar refractivity (Wildman–Crippen MR) is 77.7 cm³/mol. The molecule has 2 aromatic heterocycles. The van der Waals surface area contributed by atoms with Crippen molar-refractivity contribution >= 4 is 45.1 Å². The summed E-state index contributed by atoms with van der Waals surface area (Å²) in [7, 11) is 0. The van der Waals surface area contributed by atoms with E-state index in [1.807, 2.05) is 6.92 Å². The molecular formula is C11H12N4O3S2. The second-order valence-electron chi connectivity index (χ2n) is 3.96. The molecule has 2 amide bonds. The van der Waals surface area contributed by atoms with Gasteiger partial charge in [-0.25, -0.2) is 4.98 Å². The molecule has 0 spiro atoms. The van der Waals surface area contributed by atoms with Crippen molar-refractivity contribution in [3.63, 3.8) is 0 Å². The first-order chi connectivity index (χ1) is 9.45. The number of carbonyl (C=O) groups excluding carboxylic acids is 2. The Balaban J connectivity index is 2.05. The highest BCUT2D eigenvalue weighted by Crippen LogP contribution is 2.22. The lowest BCUT2D eigenvalue weighted by molar-refractivity contribution is -0.126. The van der Waals surface area contributed by atoms with E-state index >= 15 is 0 Å². The number of thiophene rings is 1. The van der Waals surface area contributed by atoms with Gasteiger partial charge in [-0.15, -0.1) is 11.3 Å². The number of H-pyrrole nitrogens is 1. The number of aromatic amines is 1. The van der Waals surface area contributed by atoms with Gasteiger partial charge in [0.2, 0.25) is 11.8 Å². The molecule has 106 valence electrons. The topological polar surface area (TPSA) is 104 Å². The van der Waals surface area contributed by atoms with Crippen molar-refractivity contribution in [1.29, 1.82) is 0 Å². The summed E-state index contributed by atoms with van der Waals surface area (Å²) in [6.45, 7) is 3.19. The smallest absolute Gasteiger partial charge is 0.260 e. The fourth-order valence-corrected chi connectivity index (χ4v) is 3.03. The number of hydrogen-bond donors (Lipinski definition) is 3. The Morgan fingerprint density at radius 2 is 2.20 bits per heavy atom. The van der Waals surface area contributed by atoms with Crippen LogP contribution >= 0.6 is 23.1 Å². The van der Waals surface area contributed by atoms with Crippen molar-refractivity contribution in [1.82, 2.24) is 20.8 Å². The van der Waals surface area contributed by atoms with Crippen molar-refractivity contribution in [2.45, 2.75) is 19.0 Å². The van der Waals surface area contributed by atoms with Crippen LogP contribution in [-0.2, 0) is 9.59 Å². The minimum absolute atomic E-state index is 0.0408. The number of aromatic nitrogens is 2. The van der Waals surface area contributed by atoms with Crippen LogP contribution in [0.5, 0.6) is 0 Å². The Morgan fingerprint density at radius 1 is 1.45 bits per heavy atom. The van der Waals surface area contributed by atoms with Crippen LogP contribution in [0.3, 0.4) is 0 Å². The van der Waals surface area contributed by atoms with Gasteiger partial charge in [0, 0.05) is 11.8 Å². The highest BCUT2D eigenvalue weighted by Gasteiger charge is 2.09. The summed E-state index contributed by atoms with van der Waals surface area (Å²) in [5.41, 5.74) is 4.20. The van der Waals surface area contributed by atoms with E-state index in [4.69, 9.17) is 0 Å². The number of carbonyl (C=O) groups is 2. The Morgan fingerprint density at radius 3 is 2.90 bits per heavy atom. The van der Waals surface area contributed by atoms with E-state index in [1.165, 1.54) is 18.3 Å². The third-order valence-corrected chi connectivity index (χ3v) is 4.04. The summed E-state index contributed by atoms with van der Waals surface area (Å²) in [5, 5.41) is 0.932. The maximum absolute atomic E-state index is 11.8. The molecule has 2 aromatic rings. The molecule has 0 unspecified atom stereocenters. The summed E-state index contributed by atoms with van der Waals surface area (Å²) >= 11 is 2.52. The zero-order valence-electron chi connectivity index (χ0n) is 10.8. The molecule has 0 aromatic carbocycles. The molecule has 9 heteroatoms. The molecule has 0 atom stereocenters. The fourth-order valence-electron chi connectivity index (χ4n) is 1.43. The van der Waals surface area contributed by atoms with Crippen molar-refractivity contribution < 1.29 is 9.59 Å². The quantitative estimate of drug-likeness (QED) is 0.436. The Hall–Kier alpha value is -1.87. The van der Waals surface area contributed by atoms with Crippen LogP contribution in [0.15, 0.2) is 16.0 Å². The zero-order chi connectivity index (χ0) is 14.7. The first-order valence-electron chi connectivity index (χ1n) is 5.64. The van der Waals surface area contributed by atoms with Crippen LogP contribution in [0.2, 0.25) is 0 Å². The van der Waals surface area contributed by atoms with Gasteiger partial charge in [0.05, 0.1) is 11.1 Å². The normalized spacial score (nSPS) is 10.5. The van der Waals surface area contributed by atoms with Crippen LogP contribution in [0.4, 0.5) is 0 Å². The molecule has 3 N–H and O–H groups in total. The zero-order valence-corrected chi connectivity index (χ0v) is 12.4. The summed E-state index contributed by atoms with van der Waals surface area (Å²) in [6, 6.07) is 1.78. The average Bonchev–Trinajstić information content (AvgIpc) is 2.75. The third kappa shape index (κ3) is 3.58. The van der Waals surface area contributed by atoms with E-state index in [9.17, 15) is 14.4 Å². The van der Waals surface area contributed by atoms with Gasteiger partial charge in [0.25, 0.3) is 5.56 Å². The van der Waals surface area contributed by atoms with Crippen molar-refractivity contribution in [3.8, 4) is 0 Å². The monoisotopic (exact) mass is 312 g/mol. The van der Waals surface area contributed by atoms with Gasteiger partial charge in [0.15, 0.2) is 5.16 Å². The minimum atomic E-state index is -0.379. The third-order valence-electron chi connectivity index (χ3n) is 2.22. The molecule has 0 saturated heterocycles. The molecule has 0 aliphatic carbocycles. The lowest BCUT2D eigenvalue weighted by atomic mass is 10.4. The lowest BCUT2D eigenvalue weighted by Gasteiger charge is -2.04. The molecule has 0 aliphatic heterocycles. The number of fused-ring (bicyclic) bond motifs is 1. The maximum Gasteiger partial charge on any atom is 0.260 e. The number of aryl methyl sites for hydroxylation is 1. The highest BCUT2D eigenvalue weighted by molar-refractivity contribution is 7.99. The number of rotatable bonds is 3. The van der Waals surface area contributed by atoms with Crippen molar-refractivity contribution in [2.75, 3.05) is 5.75 Å². The van der Waals surface area contributed by atoms with Crippen LogP contribution in [-0.4, -0.2) is 27.5 Å². The number of thioether (sulfide) groups is 1. The van der Waals surface area contributed by atoms with E-state index in [-0.39, 0.29) is 23.1 Å². The Kier molecular flexibility index (Phi) is 4.40. The molecule has 0 saturated carbocycles. The van der Waals surface area contributed by atoms with Crippen LogP contribution in [0.25, 0.3) is 10.2 Å². The van der Waals surface area contributed by atoms with Crippen molar-refractivity contribution in [2.24, 2.45) is 0 Å². The minimum Gasteiger partial charge on any atom is -0.301 e. The predicted octanol–water partition coefficient (Wildman–Crippen LogP) is 0.552. The molecule has 0 fully saturated rings. The first kappa shape index (κ1) is 14.5. The van der Waals surface area contributed by atoms with Crippen LogP contribution < -0.4 is 16.4 Å². The van der Waals surface area contributed by atoms with E-state index in [2.05, 4.69) is 20.8 Å². The lowest BCUT2D eigenvalue weighted by Crippen LogP contribution is -2.41. The maximum atomic E-state index is 11.8. The van der Waals surface area contributed by atoms with E-state index in [0.717, 1.165) is 16.6 Å². The largest absolute Gasteiger partial charge is 0.301 e. The van der Waals surface area contributed by atoms with Crippen LogP contribution in [0, 0.1) is 6.92 Å². The van der Waals surface area contributed by atoms with Gasteiger partial charge in [0.1, 0.15) is 4.83 Å². The number of hydrogen-bond acceptors (Lipinski definition) is 6. The van der Waals surface area contributed by atoms with Crippen LogP contribution in [0.1, 0.15) is 11.8 Å². The van der Waals surface area contributed by atoms with Gasteiger partial charge in [-0.3, -0.25) is 25.2 Å². The molecule has 2 rings (SSSR count). The molecule has 7 nitrogen and oxygen atoms in total. The Labute approximate surface area is 122 Å². The number of hydrazine groups is 1. The molecule has 0 bridgehead atoms. The second kappa shape index (κ2) is 6.06. The van der Waals surface area contributed by atoms with Gasteiger partial charge >= 0.3 is 0 Å². The molecular weight excluding hydrogens is 300 g/mol. The standard InChI is InChI=1S/C11H12N4O3S2/c1-5-3-7-9(18)12-11(13-10(7)20-5)19-4-8(17)15-14-6(2)16/h3H,4H2,1-2H3,(H,14,16)(H,15,17)(H,12,13,18). The SMILES string of the molecule is CC(=O)NNC(=O)CSc1nc2sc(C)cc2c(=O)[nH]1. The first-order valence-corrected chi connectivity index (χ1v) is 7.44. The summed E-state index contributed by atoms with van der Waals surface area (Å²) in [6.07, 6.45) is 0. The molecule has 20 heavy (non-hydrogen) atoms. The second-order valence-corrected chi connectivity index (χ2v) is 6.16. The number of nitrogens with zero attached hydrogens (tertiary/aromatic N) is 1. The summed E-state index contributed by atoms with van der Waals surface area (Å²) < 4.78 is 0. The van der Waals surface area contributed by atoms with Gasteiger partial charge in [-0.1, -0.05) is 11.8 Å². The van der Waals surface area contributed by atoms with Gasteiger partial charge in [-0.05, 0) is 13.0 Å². The van der Waals surface area contributed by atoms with Gasteiger partial charge < -0.3 is 4.98 Å². The summed E-state index contributed by atoms with van der Waals surface area (Å²) in [5.74, 6) is -0.695. The van der Waals surface area contributed by atoms with E-state index < -0.39 is 0 Å².